The van der Waals surface area contributed by atoms with Gasteiger partial charge in [-0.3, -0.25) is 0 Å². The van der Waals surface area contributed by atoms with E-state index in [4.69, 9.17) is 0 Å². The summed E-state index contributed by atoms with van der Waals surface area (Å²) in [5, 5.41) is 3.34. The van der Waals surface area contributed by atoms with E-state index in [0.717, 1.165) is 37.7 Å². The Kier molecular flexibility index (Phi) is 3.10. The highest BCUT2D eigenvalue weighted by Gasteiger charge is 2.18. The molecule has 0 amide bonds. The smallest absolute Gasteiger partial charge is 0.132 e. The maximum absolute atomic E-state index is 4.36. The maximum atomic E-state index is 4.36. The molecule has 2 heterocycles. The van der Waals surface area contributed by atoms with Crippen LogP contribution in [-0.2, 0) is 5.41 Å². The van der Waals surface area contributed by atoms with E-state index in [1.54, 1.807) is 6.33 Å². The molecule has 0 aromatic carbocycles. The molecule has 1 saturated heterocycles. The third kappa shape index (κ3) is 2.50. The van der Waals surface area contributed by atoms with Crippen LogP contribution >= 0.6 is 0 Å². The summed E-state index contributed by atoms with van der Waals surface area (Å²) in [5.41, 5.74) is 1.20. The van der Waals surface area contributed by atoms with Crippen molar-refractivity contribution in [2.24, 2.45) is 0 Å². The van der Waals surface area contributed by atoms with Crippen molar-refractivity contribution >= 4 is 5.82 Å². The van der Waals surface area contributed by atoms with E-state index in [1.165, 1.54) is 0 Å². The molecule has 4 nitrogen and oxygen atoms in total. The summed E-state index contributed by atoms with van der Waals surface area (Å²) >= 11 is 0. The first-order valence-electron chi connectivity index (χ1n) is 5.85. The van der Waals surface area contributed by atoms with E-state index in [2.05, 4.69) is 47.0 Å². The van der Waals surface area contributed by atoms with Crippen LogP contribution in [-0.4, -0.2) is 36.1 Å². The van der Waals surface area contributed by atoms with Crippen LogP contribution in [0.4, 0.5) is 5.82 Å². The molecule has 1 N–H and O–H groups in total. The highest BCUT2D eigenvalue weighted by atomic mass is 15.2. The van der Waals surface area contributed by atoms with Gasteiger partial charge in [-0.2, -0.15) is 0 Å². The minimum atomic E-state index is 0.0890. The average Bonchev–Trinajstić information content (AvgIpc) is 2.29. The number of nitrogens with zero attached hydrogens (tertiary/aromatic N) is 3. The van der Waals surface area contributed by atoms with Gasteiger partial charge in [0.25, 0.3) is 0 Å². The molecule has 1 aromatic rings. The Labute approximate surface area is 97.1 Å². The van der Waals surface area contributed by atoms with Crippen LogP contribution in [0.15, 0.2) is 12.4 Å². The molecular formula is C12H20N4. The SMILES string of the molecule is CC(C)(C)c1cc(N2CCNCC2)ncn1. The summed E-state index contributed by atoms with van der Waals surface area (Å²) in [5.74, 6) is 1.06. The van der Waals surface area contributed by atoms with Gasteiger partial charge in [0.05, 0.1) is 5.69 Å². The molecule has 4 heteroatoms. The second-order valence-electron chi connectivity index (χ2n) is 5.25. The normalized spacial score (nSPS) is 17.6. The largest absolute Gasteiger partial charge is 0.354 e. The standard InChI is InChI=1S/C12H20N4/c1-12(2,3)10-8-11(15-9-14-10)16-6-4-13-5-7-16/h8-9,13H,4-7H2,1-3H3. The Morgan fingerprint density at radius 2 is 1.88 bits per heavy atom. The number of hydrogen-bond acceptors (Lipinski definition) is 4. The molecule has 1 aliphatic rings. The molecule has 0 unspecified atom stereocenters. The molecule has 1 fully saturated rings. The molecule has 0 aliphatic carbocycles. The van der Waals surface area contributed by atoms with Gasteiger partial charge >= 0.3 is 0 Å². The van der Waals surface area contributed by atoms with Gasteiger partial charge in [-0.1, -0.05) is 20.8 Å². The fourth-order valence-electron chi connectivity index (χ4n) is 1.82. The summed E-state index contributed by atoms with van der Waals surface area (Å²) in [4.78, 5) is 11.0. The van der Waals surface area contributed by atoms with E-state index in [-0.39, 0.29) is 5.41 Å². The van der Waals surface area contributed by atoms with E-state index in [0.29, 0.717) is 0 Å². The molecular weight excluding hydrogens is 200 g/mol. The van der Waals surface area contributed by atoms with Crippen molar-refractivity contribution in [1.29, 1.82) is 0 Å². The number of piperazine rings is 1. The zero-order valence-corrected chi connectivity index (χ0v) is 10.3. The average molecular weight is 220 g/mol. The Bertz CT molecular complexity index is 350. The van der Waals surface area contributed by atoms with Crippen molar-refractivity contribution in [3.8, 4) is 0 Å². The van der Waals surface area contributed by atoms with E-state index in [1.807, 2.05) is 0 Å². The highest BCUT2D eigenvalue weighted by Crippen LogP contribution is 2.22. The van der Waals surface area contributed by atoms with Crippen LogP contribution in [0.2, 0.25) is 0 Å². The summed E-state index contributed by atoms with van der Waals surface area (Å²) in [6.45, 7) is 10.7. The van der Waals surface area contributed by atoms with Gasteiger partial charge in [0, 0.05) is 37.7 Å². The minimum absolute atomic E-state index is 0.0890. The van der Waals surface area contributed by atoms with Gasteiger partial charge in [-0.25, -0.2) is 9.97 Å². The van der Waals surface area contributed by atoms with Crippen molar-refractivity contribution in [2.45, 2.75) is 26.2 Å². The number of nitrogens with one attached hydrogen (secondary N) is 1. The molecule has 2 rings (SSSR count). The first-order chi connectivity index (χ1) is 7.57. The van der Waals surface area contributed by atoms with E-state index >= 15 is 0 Å². The Morgan fingerprint density at radius 1 is 1.19 bits per heavy atom. The molecule has 16 heavy (non-hydrogen) atoms. The lowest BCUT2D eigenvalue weighted by molar-refractivity contribution is 0.559. The van der Waals surface area contributed by atoms with Crippen molar-refractivity contribution < 1.29 is 0 Å². The van der Waals surface area contributed by atoms with E-state index in [9.17, 15) is 0 Å². The van der Waals surface area contributed by atoms with Gasteiger partial charge in [-0.05, 0) is 0 Å². The number of aromatic nitrogens is 2. The molecule has 0 atom stereocenters. The van der Waals surface area contributed by atoms with Gasteiger partial charge in [0.2, 0.25) is 0 Å². The Balaban J connectivity index is 2.21. The second-order valence-corrected chi connectivity index (χ2v) is 5.25. The van der Waals surface area contributed by atoms with Crippen molar-refractivity contribution in [3.05, 3.63) is 18.1 Å². The third-order valence-corrected chi connectivity index (χ3v) is 2.86. The first kappa shape index (κ1) is 11.3. The van der Waals surface area contributed by atoms with Crippen LogP contribution in [0.5, 0.6) is 0 Å². The summed E-state index contributed by atoms with van der Waals surface area (Å²) < 4.78 is 0. The maximum Gasteiger partial charge on any atom is 0.132 e. The summed E-state index contributed by atoms with van der Waals surface area (Å²) in [6.07, 6.45) is 1.68. The number of anilines is 1. The van der Waals surface area contributed by atoms with Gasteiger partial charge in [0.15, 0.2) is 0 Å². The topological polar surface area (TPSA) is 41.0 Å². The lowest BCUT2D eigenvalue weighted by Crippen LogP contribution is -2.44. The van der Waals surface area contributed by atoms with Crippen molar-refractivity contribution in [1.82, 2.24) is 15.3 Å². The molecule has 0 saturated carbocycles. The van der Waals surface area contributed by atoms with Crippen molar-refractivity contribution in [2.75, 3.05) is 31.1 Å². The van der Waals surface area contributed by atoms with Crippen LogP contribution < -0.4 is 10.2 Å². The Hall–Kier alpha value is -1.16. The molecule has 0 bridgehead atoms. The van der Waals surface area contributed by atoms with E-state index < -0.39 is 0 Å². The van der Waals surface area contributed by atoms with Crippen LogP contribution in [0.3, 0.4) is 0 Å². The van der Waals surface area contributed by atoms with Crippen LogP contribution in [0.25, 0.3) is 0 Å². The second kappa shape index (κ2) is 4.37. The predicted octanol–water partition coefficient (Wildman–Crippen LogP) is 1.18. The predicted molar refractivity (Wildman–Crippen MR) is 65.8 cm³/mol. The molecule has 0 spiro atoms. The molecule has 1 aliphatic heterocycles. The van der Waals surface area contributed by atoms with Crippen LogP contribution in [0.1, 0.15) is 26.5 Å². The molecule has 88 valence electrons. The van der Waals surface area contributed by atoms with Gasteiger partial charge < -0.3 is 10.2 Å². The lowest BCUT2D eigenvalue weighted by atomic mass is 9.92. The third-order valence-electron chi connectivity index (χ3n) is 2.86. The van der Waals surface area contributed by atoms with Crippen LogP contribution in [0, 0.1) is 0 Å². The lowest BCUT2D eigenvalue weighted by Gasteiger charge is -2.29. The number of hydrogen-bond donors (Lipinski definition) is 1. The number of rotatable bonds is 1. The van der Waals surface area contributed by atoms with Crippen molar-refractivity contribution in [3.63, 3.8) is 0 Å². The minimum Gasteiger partial charge on any atom is -0.354 e. The monoisotopic (exact) mass is 220 g/mol. The molecule has 0 radical (unpaired) electrons. The van der Waals surface area contributed by atoms with Gasteiger partial charge in [0.1, 0.15) is 12.1 Å². The fraction of sp³-hybridized carbons (Fsp3) is 0.667. The van der Waals surface area contributed by atoms with Gasteiger partial charge in [-0.15, -0.1) is 0 Å². The zero-order chi connectivity index (χ0) is 11.6. The molecule has 1 aromatic heterocycles. The Morgan fingerprint density at radius 3 is 2.50 bits per heavy atom. The summed E-state index contributed by atoms with van der Waals surface area (Å²) in [7, 11) is 0. The quantitative estimate of drug-likeness (QED) is 0.771. The zero-order valence-electron chi connectivity index (χ0n) is 10.3. The first-order valence-corrected chi connectivity index (χ1v) is 5.85. The fourth-order valence-corrected chi connectivity index (χ4v) is 1.82. The highest BCUT2D eigenvalue weighted by molar-refractivity contribution is 5.40. The summed E-state index contributed by atoms with van der Waals surface area (Å²) in [6, 6.07) is 2.12.